The Morgan fingerprint density at radius 3 is 2.63 bits per heavy atom. The van der Waals surface area contributed by atoms with Crippen molar-refractivity contribution in [2.45, 2.75) is 6.42 Å². The van der Waals surface area contributed by atoms with E-state index in [9.17, 15) is 9.59 Å². The molecule has 0 bridgehead atoms. The highest BCUT2D eigenvalue weighted by Crippen LogP contribution is 2.26. The van der Waals surface area contributed by atoms with Gasteiger partial charge < -0.3 is 14.5 Å². The summed E-state index contributed by atoms with van der Waals surface area (Å²) in [6, 6.07) is 19.7. The van der Waals surface area contributed by atoms with E-state index in [4.69, 9.17) is 21.3 Å². The van der Waals surface area contributed by atoms with Crippen LogP contribution < -0.4 is 5.32 Å². The van der Waals surface area contributed by atoms with E-state index in [-0.39, 0.29) is 12.3 Å². The fraction of sp³-hybridized carbons (Fsp3) is 0.0870. The van der Waals surface area contributed by atoms with E-state index in [1.807, 2.05) is 40.9 Å². The molecule has 7 heteroatoms. The van der Waals surface area contributed by atoms with Crippen LogP contribution in [0.4, 0.5) is 5.69 Å². The summed E-state index contributed by atoms with van der Waals surface area (Å²) in [5.74, 6) is -0.684. The molecular formula is C23H18ClN3O3. The summed E-state index contributed by atoms with van der Waals surface area (Å²) in [7, 11) is 1.32. The van der Waals surface area contributed by atoms with Crippen LogP contribution in [0.15, 0.2) is 72.9 Å². The predicted molar refractivity (Wildman–Crippen MR) is 116 cm³/mol. The average Bonchev–Trinajstić information content (AvgIpc) is 3.12. The van der Waals surface area contributed by atoms with Gasteiger partial charge in [-0.25, -0.2) is 9.78 Å². The number of hydrogen-bond acceptors (Lipinski definition) is 4. The maximum absolute atomic E-state index is 12.8. The molecule has 1 N–H and O–H groups in total. The highest BCUT2D eigenvalue weighted by atomic mass is 35.5. The van der Waals surface area contributed by atoms with Gasteiger partial charge in [0, 0.05) is 22.5 Å². The monoisotopic (exact) mass is 419 g/mol. The van der Waals surface area contributed by atoms with E-state index >= 15 is 0 Å². The molecule has 0 aliphatic rings. The van der Waals surface area contributed by atoms with Crippen molar-refractivity contribution in [2.24, 2.45) is 0 Å². The molecule has 4 rings (SSSR count). The highest BCUT2D eigenvalue weighted by Gasteiger charge is 2.17. The van der Waals surface area contributed by atoms with Gasteiger partial charge in [0.1, 0.15) is 5.65 Å². The summed E-state index contributed by atoms with van der Waals surface area (Å²) >= 11 is 6.02. The van der Waals surface area contributed by atoms with Crippen LogP contribution in [0, 0.1) is 0 Å². The van der Waals surface area contributed by atoms with Crippen LogP contribution in [-0.2, 0) is 16.0 Å². The van der Waals surface area contributed by atoms with Crippen molar-refractivity contribution < 1.29 is 14.3 Å². The second-order valence-electron chi connectivity index (χ2n) is 6.64. The quantitative estimate of drug-likeness (QED) is 0.479. The number of halogens is 1. The molecule has 0 aliphatic carbocycles. The number of methoxy groups -OCH3 is 1. The molecule has 6 nitrogen and oxygen atoms in total. The van der Waals surface area contributed by atoms with Crippen LogP contribution in [0.25, 0.3) is 16.9 Å². The normalized spacial score (nSPS) is 10.7. The lowest BCUT2D eigenvalue weighted by Crippen LogP contribution is -2.16. The van der Waals surface area contributed by atoms with Crippen molar-refractivity contribution >= 4 is 34.8 Å². The molecule has 2 aromatic carbocycles. The number of amides is 1. The van der Waals surface area contributed by atoms with Crippen molar-refractivity contribution in [3.8, 4) is 11.3 Å². The highest BCUT2D eigenvalue weighted by molar-refractivity contribution is 6.30. The molecule has 30 heavy (non-hydrogen) atoms. The van der Waals surface area contributed by atoms with Gasteiger partial charge in [-0.15, -0.1) is 0 Å². The lowest BCUT2D eigenvalue weighted by atomic mass is 10.1. The van der Waals surface area contributed by atoms with Gasteiger partial charge in [-0.3, -0.25) is 4.79 Å². The molecule has 0 aliphatic heterocycles. The minimum atomic E-state index is -0.460. The lowest BCUT2D eigenvalue weighted by Gasteiger charge is -2.08. The number of benzene rings is 2. The zero-order valence-corrected chi connectivity index (χ0v) is 16.9. The van der Waals surface area contributed by atoms with Crippen LogP contribution in [-0.4, -0.2) is 28.4 Å². The number of anilines is 1. The summed E-state index contributed by atoms with van der Waals surface area (Å²) in [5.41, 5.74) is 3.99. The molecule has 0 atom stereocenters. The standard InChI is InChI=1S/C23H18ClN3O3/c1-30-23(29)16-5-4-6-18(13-16)25-21(28)14-19-22(15-8-10-17(24)11-9-15)26-20-7-2-3-12-27(19)20/h2-13H,14H2,1H3,(H,25,28). The molecule has 0 fully saturated rings. The number of hydrogen-bond donors (Lipinski definition) is 1. The number of nitrogens with one attached hydrogen (secondary N) is 1. The third kappa shape index (κ3) is 4.04. The van der Waals surface area contributed by atoms with Gasteiger partial charge in [-0.05, 0) is 42.5 Å². The van der Waals surface area contributed by atoms with E-state index in [1.54, 1.807) is 36.4 Å². The third-order valence-corrected chi connectivity index (χ3v) is 4.89. The van der Waals surface area contributed by atoms with Crippen LogP contribution in [0.1, 0.15) is 16.1 Å². The zero-order valence-electron chi connectivity index (χ0n) is 16.1. The molecular weight excluding hydrogens is 402 g/mol. The summed E-state index contributed by atoms with van der Waals surface area (Å²) in [5, 5.41) is 3.47. The lowest BCUT2D eigenvalue weighted by molar-refractivity contribution is -0.115. The van der Waals surface area contributed by atoms with Gasteiger partial charge >= 0.3 is 5.97 Å². The Hall–Kier alpha value is -3.64. The Bertz CT molecular complexity index is 1230. The largest absolute Gasteiger partial charge is 0.465 e. The Morgan fingerprint density at radius 2 is 1.87 bits per heavy atom. The Kier molecular flexibility index (Phi) is 5.50. The first kappa shape index (κ1) is 19.7. The first-order chi connectivity index (χ1) is 14.5. The van der Waals surface area contributed by atoms with Gasteiger partial charge in [0.15, 0.2) is 0 Å². The topological polar surface area (TPSA) is 72.7 Å². The molecule has 2 aromatic heterocycles. The molecule has 0 saturated heterocycles. The molecule has 1 amide bonds. The number of carbonyl (C=O) groups is 2. The van der Waals surface area contributed by atoms with E-state index in [0.29, 0.717) is 16.3 Å². The van der Waals surface area contributed by atoms with E-state index in [0.717, 1.165) is 22.6 Å². The van der Waals surface area contributed by atoms with Crippen LogP contribution in [0.2, 0.25) is 5.02 Å². The number of aromatic nitrogens is 2. The first-order valence-electron chi connectivity index (χ1n) is 9.25. The van der Waals surface area contributed by atoms with Gasteiger partial charge in [0.25, 0.3) is 0 Å². The minimum Gasteiger partial charge on any atom is -0.465 e. The summed E-state index contributed by atoms with van der Waals surface area (Å²) in [4.78, 5) is 29.2. The Morgan fingerprint density at radius 1 is 1.07 bits per heavy atom. The van der Waals surface area contributed by atoms with Gasteiger partial charge in [-0.1, -0.05) is 35.9 Å². The molecule has 2 heterocycles. The number of fused-ring (bicyclic) bond motifs is 1. The number of ether oxygens (including phenoxy) is 1. The molecule has 0 saturated carbocycles. The number of esters is 1. The van der Waals surface area contributed by atoms with Gasteiger partial charge in [-0.2, -0.15) is 0 Å². The van der Waals surface area contributed by atoms with Gasteiger partial charge in [0.05, 0.1) is 30.5 Å². The van der Waals surface area contributed by atoms with Crippen LogP contribution in [0.5, 0.6) is 0 Å². The first-order valence-corrected chi connectivity index (χ1v) is 9.63. The fourth-order valence-electron chi connectivity index (χ4n) is 3.25. The number of nitrogens with zero attached hydrogens (tertiary/aromatic N) is 2. The number of carbonyl (C=O) groups excluding carboxylic acids is 2. The fourth-order valence-corrected chi connectivity index (χ4v) is 3.38. The summed E-state index contributed by atoms with van der Waals surface area (Å²) in [6.07, 6.45) is 1.98. The Balaban J connectivity index is 1.65. The molecule has 150 valence electrons. The molecule has 0 unspecified atom stereocenters. The van der Waals surface area contributed by atoms with E-state index in [1.165, 1.54) is 7.11 Å². The molecule has 0 radical (unpaired) electrons. The zero-order chi connectivity index (χ0) is 21.1. The smallest absolute Gasteiger partial charge is 0.337 e. The van der Waals surface area contributed by atoms with Crippen molar-refractivity contribution in [3.05, 3.63) is 89.2 Å². The van der Waals surface area contributed by atoms with Gasteiger partial charge in [0.2, 0.25) is 5.91 Å². The van der Waals surface area contributed by atoms with Crippen molar-refractivity contribution in [3.63, 3.8) is 0 Å². The number of rotatable bonds is 5. The maximum Gasteiger partial charge on any atom is 0.337 e. The third-order valence-electron chi connectivity index (χ3n) is 4.64. The van der Waals surface area contributed by atoms with E-state index in [2.05, 4.69) is 5.32 Å². The average molecular weight is 420 g/mol. The van der Waals surface area contributed by atoms with E-state index < -0.39 is 5.97 Å². The molecule has 4 aromatic rings. The van der Waals surface area contributed by atoms with Crippen molar-refractivity contribution in [1.82, 2.24) is 9.38 Å². The number of imidazole rings is 1. The van der Waals surface area contributed by atoms with Crippen molar-refractivity contribution in [2.75, 3.05) is 12.4 Å². The minimum absolute atomic E-state index is 0.103. The predicted octanol–water partition coefficient (Wildman–Crippen LogP) is 4.62. The SMILES string of the molecule is COC(=O)c1cccc(NC(=O)Cc2c(-c3ccc(Cl)cc3)nc3ccccn23)c1. The van der Waals surface area contributed by atoms with Crippen molar-refractivity contribution in [1.29, 1.82) is 0 Å². The maximum atomic E-state index is 12.8. The summed E-state index contributed by atoms with van der Waals surface area (Å²) < 4.78 is 6.63. The second-order valence-corrected chi connectivity index (χ2v) is 7.08. The summed E-state index contributed by atoms with van der Waals surface area (Å²) in [6.45, 7) is 0. The Labute approximate surface area is 178 Å². The van der Waals surface area contributed by atoms with Crippen LogP contribution >= 0.6 is 11.6 Å². The second kappa shape index (κ2) is 8.39. The number of pyridine rings is 1. The van der Waals surface area contributed by atoms with Crippen LogP contribution in [0.3, 0.4) is 0 Å². The molecule has 0 spiro atoms.